The molecule has 236 valence electrons. The number of amides is 1. The number of nitrogens with zero attached hydrogens (tertiary/aromatic N) is 6. The third-order valence-corrected chi connectivity index (χ3v) is 9.65. The number of nitrogens with one attached hydrogen (secondary N) is 1. The van der Waals surface area contributed by atoms with Crippen molar-refractivity contribution in [2.24, 2.45) is 19.5 Å². The van der Waals surface area contributed by atoms with E-state index in [-0.39, 0.29) is 16.9 Å². The molecule has 0 bridgehead atoms. The highest BCUT2D eigenvalue weighted by atomic mass is 19.1. The molecule has 2 aliphatic heterocycles. The van der Waals surface area contributed by atoms with Gasteiger partial charge in [0, 0.05) is 57.3 Å². The number of rotatable bonds is 7. The molecule has 1 saturated heterocycles. The lowest BCUT2D eigenvalue weighted by Crippen LogP contribution is -2.46. The minimum atomic E-state index is -0.442. The van der Waals surface area contributed by atoms with Gasteiger partial charge in [-0.15, -0.1) is 0 Å². The molecule has 1 aliphatic carbocycles. The molecule has 1 fully saturated rings. The molecule has 4 aromatic rings. The molecule has 7 rings (SSSR count). The number of hydrogen-bond donors (Lipinski definition) is 1. The van der Waals surface area contributed by atoms with Gasteiger partial charge in [0.25, 0.3) is 11.5 Å². The van der Waals surface area contributed by atoms with Crippen LogP contribution < -0.4 is 15.8 Å². The number of pyridine rings is 1. The zero-order chi connectivity index (χ0) is 31.8. The number of aromatic nitrogens is 4. The molecule has 1 N–H and O–H groups in total. The van der Waals surface area contributed by atoms with E-state index >= 15 is 4.39 Å². The molecule has 0 spiro atoms. The first kappa shape index (κ1) is 29.5. The third-order valence-electron chi connectivity index (χ3n) is 9.65. The zero-order valence-electron chi connectivity index (χ0n) is 26.8. The maximum absolute atomic E-state index is 15.3. The third kappa shape index (κ3) is 5.17. The van der Waals surface area contributed by atoms with E-state index in [1.807, 2.05) is 26.1 Å². The molecule has 0 saturated carbocycles. The fraction of sp³-hybridized carbons (Fsp3) is 0.441. The van der Waals surface area contributed by atoms with Crippen molar-refractivity contribution in [3.8, 4) is 11.1 Å². The van der Waals surface area contributed by atoms with Crippen molar-refractivity contribution < 1.29 is 13.9 Å². The molecule has 3 aromatic heterocycles. The SMILES string of the molecule is Cc1c(-c2cc(Nc3cc(CN(C)C4COC4)n(C)n3)c(=O)n(C)c2)cc(F)cc1N1CCn2c(cc3c2CC(C)(C)C3)C1=O. The average Bonchev–Trinajstić information content (AvgIpc) is 3.56. The Labute approximate surface area is 262 Å². The number of hydrogen-bond acceptors (Lipinski definition) is 6. The number of carbonyl (C=O) groups is 1. The molecule has 0 unspecified atom stereocenters. The number of aryl methyl sites for hydroxylation is 2. The van der Waals surface area contributed by atoms with Crippen LogP contribution >= 0.6 is 0 Å². The molecule has 0 radical (unpaired) electrons. The lowest BCUT2D eigenvalue weighted by molar-refractivity contribution is -0.0592. The second kappa shape index (κ2) is 10.7. The quantitative estimate of drug-likeness (QED) is 0.333. The summed E-state index contributed by atoms with van der Waals surface area (Å²) >= 11 is 0. The Morgan fingerprint density at radius 2 is 1.87 bits per heavy atom. The van der Waals surface area contributed by atoms with E-state index < -0.39 is 5.82 Å². The van der Waals surface area contributed by atoms with Gasteiger partial charge >= 0.3 is 0 Å². The number of anilines is 3. The van der Waals surface area contributed by atoms with Gasteiger partial charge in [0.1, 0.15) is 17.2 Å². The van der Waals surface area contributed by atoms with Crippen molar-refractivity contribution >= 4 is 23.1 Å². The van der Waals surface area contributed by atoms with Crippen molar-refractivity contribution in [3.63, 3.8) is 0 Å². The average molecular weight is 614 g/mol. The molecule has 11 heteroatoms. The molecular weight excluding hydrogens is 573 g/mol. The number of likely N-dealkylation sites (N-methyl/N-ethyl adjacent to an activating group) is 1. The summed E-state index contributed by atoms with van der Waals surface area (Å²) in [4.78, 5) is 30.9. The normalized spacial score (nSPS) is 17.5. The summed E-state index contributed by atoms with van der Waals surface area (Å²) in [6.45, 7) is 9.70. The van der Waals surface area contributed by atoms with Crippen LogP contribution in [0.2, 0.25) is 0 Å². The Kier molecular flexibility index (Phi) is 7.01. The lowest BCUT2D eigenvalue weighted by Gasteiger charge is -2.34. The maximum atomic E-state index is 15.3. The second-order valence-electron chi connectivity index (χ2n) is 13.7. The second-order valence-corrected chi connectivity index (χ2v) is 13.7. The summed E-state index contributed by atoms with van der Waals surface area (Å²) in [5.41, 5.74) is 7.05. The van der Waals surface area contributed by atoms with Gasteiger partial charge in [0.15, 0.2) is 5.82 Å². The van der Waals surface area contributed by atoms with Crippen LogP contribution in [0, 0.1) is 18.2 Å². The van der Waals surface area contributed by atoms with E-state index in [0.717, 1.165) is 37.3 Å². The number of halogens is 1. The van der Waals surface area contributed by atoms with Gasteiger partial charge < -0.3 is 24.1 Å². The van der Waals surface area contributed by atoms with Crippen LogP contribution in [0.25, 0.3) is 11.1 Å². The molecule has 5 heterocycles. The van der Waals surface area contributed by atoms with E-state index in [4.69, 9.17) is 4.74 Å². The topological polar surface area (TPSA) is 89.6 Å². The molecule has 3 aliphatic rings. The van der Waals surface area contributed by atoms with Crippen LogP contribution in [0.3, 0.4) is 0 Å². The van der Waals surface area contributed by atoms with E-state index in [1.54, 1.807) is 28.9 Å². The first-order valence-corrected chi connectivity index (χ1v) is 15.5. The van der Waals surface area contributed by atoms with E-state index in [1.165, 1.54) is 28.0 Å². The first-order chi connectivity index (χ1) is 21.4. The largest absolute Gasteiger partial charge is 0.378 e. The Balaban J connectivity index is 1.18. The van der Waals surface area contributed by atoms with Crippen LogP contribution in [-0.2, 0) is 44.8 Å². The molecule has 1 amide bonds. The van der Waals surface area contributed by atoms with Gasteiger partial charge in [-0.05, 0) is 73.2 Å². The fourth-order valence-electron chi connectivity index (χ4n) is 7.05. The number of carbonyl (C=O) groups excluding carboxylic acids is 1. The summed E-state index contributed by atoms with van der Waals surface area (Å²) in [5.74, 6) is -0.00599. The number of ether oxygens (including phenoxy) is 1. The van der Waals surface area contributed by atoms with Crippen LogP contribution in [0.5, 0.6) is 0 Å². The summed E-state index contributed by atoms with van der Waals surface area (Å²) in [7, 11) is 5.61. The van der Waals surface area contributed by atoms with Crippen molar-refractivity contribution in [3.05, 3.63) is 80.9 Å². The highest BCUT2D eigenvalue weighted by Gasteiger charge is 2.37. The van der Waals surface area contributed by atoms with Crippen molar-refractivity contribution in [1.29, 1.82) is 0 Å². The Bertz CT molecular complexity index is 1900. The maximum Gasteiger partial charge on any atom is 0.274 e. The summed E-state index contributed by atoms with van der Waals surface area (Å²) in [6, 6.07) is 8.99. The summed E-state index contributed by atoms with van der Waals surface area (Å²) in [5, 5.41) is 7.79. The smallest absolute Gasteiger partial charge is 0.274 e. The first-order valence-electron chi connectivity index (χ1n) is 15.5. The van der Waals surface area contributed by atoms with Gasteiger partial charge in [0.2, 0.25) is 0 Å². The zero-order valence-corrected chi connectivity index (χ0v) is 26.8. The fourth-order valence-corrected chi connectivity index (χ4v) is 7.05. The Hall–Kier alpha value is -4.22. The Morgan fingerprint density at radius 1 is 1.09 bits per heavy atom. The molecule has 45 heavy (non-hydrogen) atoms. The monoisotopic (exact) mass is 613 g/mol. The highest BCUT2D eigenvalue weighted by Crippen LogP contribution is 2.40. The minimum absolute atomic E-state index is 0.114. The van der Waals surface area contributed by atoms with Gasteiger partial charge in [-0.1, -0.05) is 13.8 Å². The molecule has 0 atom stereocenters. The van der Waals surface area contributed by atoms with Gasteiger partial charge in [-0.2, -0.15) is 5.10 Å². The van der Waals surface area contributed by atoms with Gasteiger partial charge in [0.05, 0.1) is 30.6 Å². The summed E-state index contributed by atoms with van der Waals surface area (Å²) < 4.78 is 26.1. The van der Waals surface area contributed by atoms with Gasteiger partial charge in [-0.25, -0.2) is 4.39 Å². The molecule has 1 aromatic carbocycles. The van der Waals surface area contributed by atoms with E-state index in [9.17, 15) is 9.59 Å². The highest BCUT2D eigenvalue weighted by molar-refractivity contribution is 6.07. The number of benzene rings is 1. The minimum Gasteiger partial charge on any atom is -0.378 e. The predicted molar refractivity (Wildman–Crippen MR) is 172 cm³/mol. The number of fused-ring (bicyclic) bond motifs is 3. The lowest BCUT2D eigenvalue weighted by atomic mass is 9.90. The predicted octanol–water partition coefficient (Wildman–Crippen LogP) is 4.39. The van der Waals surface area contributed by atoms with Crippen LogP contribution in [0.1, 0.15) is 46.9 Å². The van der Waals surface area contributed by atoms with Crippen LogP contribution in [0.4, 0.5) is 21.6 Å². The van der Waals surface area contributed by atoms with Crippen LogP contribution in [0.15, 0.2) is 41.3 Å². The van der Waals surface area contributed by atoms with Crippen molar-refractivity contribution in [2.75, 3.05) is 37.0 Å². The van der Waals surface area contributed by atoms with Crippen LogP contribution in [-0.4, -0.2) is 62.6 Å². The van der Waals surface area contributed by atoms with Crippen molar-refractivity contribution in [1.82, 2.24) is 23.8 Å². The Morgan fingerprint density at radius 3 is 2.60 bits per heavy atom. The van der Waals surface area contributed by atoms with E-state index in [2.05, 4.69) is 40.8 Å². The standard InChI is InChI=1S/C34H40FN7O3/c1-20-26(11-23(35)12-28(20)42-8-7-41-29(33(42)44)10-21-14-34(2,3)15-30(21)41)22-9-27(32(43)39(5)16-22)36-31-13-24(40(6)37-31)17-38(4)25-18-45-19-25/h9-13,16,25H,7-8,14-15,17-19H2,1-6H3,(H,36,37). The molecule has 10 nitrogen and oxygen atoms in total. The van der Waals surface area contributed by atoms with Gasteiger partial charge in [-0.3, -0.25) is 19.2 Å². The molecular formula is C34H40FN7O3. The summed E-state index contributed by atoms with van der Waals surface area (Å²) in [6.07, 6.45) is 3.61. The van der Waals surface area contributed by atoms with E-state index in [0.29, 0.717) is 59.7 Å². The van der Waals surface area contributed by atoms with Crippen molar-refractivity contribution in [2.45, 2.75) is 52.7 Å².